The Morgan fingerprint density at radius 2 is 1.74 bits per heavy atom. The van der Waals surface area contributed by atoms with Crippen molar-refractivity contribution in [2.45, 2.75) is 13.3 Å². The van der Waals surface area contributed by atoms with E-state index in [1.54, 1.807) is 24.3 Å². The van der Waals surface area contributed by atoms with Gasteiger partial charge in [-0.15, -0.1) is 11.3 Å². The Kier molecular flexibility index (Phi) is 5.94. The minimum absolute atomic E-state index is 0.190. The summed E-state index contributed by atoms with van der Waals surface area (Å²) in [5.41, 5.74) is 2.92. The van der Waals surface area contributed by atoms with Gasteiger partial charge in [-0.3, -0.25) is 4.79 Å². The summed E-state index contributed by atoms with van der Waals surface area (Å²) in [4.78, 5) is 25.9. The van der Waals surface area contributed by atoms with Crippen LogP contribution < -0.4 is 5.32 Å². The maximum absolute atomic E-state index is 12.5. The molecular weight excluding hydrogens is 382 g/mol. The lowest BCUT2D eigenvalue weighted by molar-refractivity contribution is -0.115. The Bertz CT molecular complexity index is 965. The first-order valence-electron chi connectivity index (χ1n) is 8.31. The summed E-state index contributed by atoms with van der Waals surface area (Å²) in [6.07, 6.45) is 0.190. The molecule has 1 amide bonds. The molecule has 138 valence electrons. The Morgan fingerprint density at radius 1 is 1.07 bits per heavy atom. The number of thiophene rings is 1. The molecule has 3 aromatic rings. The van der Waals surface area contributed by atoms with E-state index in [1.165, 1.54) is 18.4 Å². The molecule has 27 heavy (non-hydrogen) atoms. The number of amides is 1. The zero-order valence-electron chi connectivity index (χ0n) is 14.9. The highest BCUT2D eigenvalue weighted by atomic mass is 35.5. The van der Waals surface area contributed by atoms with Gasteiger partial charge in [0.1, 0.15) is 10.6 Å². The van der Waals surface area contributed by atoms with E-state index in [1.807, 2.05) is 37.3 Å². The third-order valence-electron chi connectivity index (χ3n) is 4.07. The van der Waals surface area contributed by atoms with Crippen LogP contribution in [0.2, 0.25) is 5.02 Å². The van der Waals surface area contributed by atoms with Crippen LogP contribution in [0, 0.1) is 6.92 Å². The number of ether oxygens (including phenoxy) is 1. The average molecular weight is 400 g/mol. The molecule has 0 saturated heterocycles. The molecule has 3 rings (SSSR count). The van der Waals surface area contributed by atoms with Crippen LogP contribution in [0.1, 0.15) is 20.8 Å². The van der Waals surface area contributed by atoms with Gasteiger partial charge < -0.3 is 10.1 Å². The number of rotatable bonds is 5. The van der Waals surface area contributed by atoms with E-state index in [0.717, 1.165) is 21.6 Å². The summed E-state index contributed by atoms with van der Waals surface area (Å²) in [5, 5.41) is 3.98. The molecule has 0 unspecified atom stereocenters. The average Bonchev–Trinajstić information content (AvgIpc) is 2.99. The van der Waals surface area contributed by atoms with Crippen molar-refractivity contribution in [2.24, 2.45) is 0 Å². The summed E-state index contributed by atoms with van der Waals surface area (Å²) < 4.78 is 4.97. The van der Waals surface area contributed by atoms with Crippen LogP contribution in [-0.4, -0.2) is 19.0 Å². The van der Waals surface area contributed by atoms with Crippen molar-refractivity contribution in [1.29, 1.82) is 0 Å². The maximum Gasteiger partial charge on any atom is 0.341 e. The van der Waals surface area contributed by atoms with Gasteiger partial charge >= 0.3 is 5.97 Å². The molecule has 0 bridgehead atoms. The van der Waals surface area contributed by atoms with E-state index >= 15 is 0 Å². The second-order valence-corrected chi connectivity index (χ2v) is 7.61. The van der Waals surface area contributed by atoms with Crippen LogP contribution in [-0.2, 0) is 16.0 Å². The van der Waals surface area contributed by atoms with Crippen LogP contribution in [0.3, 0.4) is 0 Å². The second kappa shape index (κ2) is 8.37. The molecule has 1 heterocycles. The lowest BCUT2D eigenvalue weighted by Crippen LogP contribution is -2.16. The van der Waals surface area contributed by atoms with Gasteiger partial charge in [0.05, 0.1) is 13.5 Å². The number of hydrogen-bond donors (Lipinski definition) is 1. The Labute approximate surface area is 166 Å². The highest BCUT2D eigenvalue weighted by molar-refractivity contribution is 7.17. The minimum atomic E-state index is -0.472. The topological polar surface area (TPSA) is 55.4 Å². The van der Waals surface area contributed by atoms with Gasteiger partial charge in [0.2, 0.25) is 5.91 Å². The van der Waals surface area contributed by atoms with E-state index in [2.05, 4.69) is 5.32 Å². The highest BCUT2D eigenvalue weighted by Gasteiger charge is 2.25. The predicted molar refractivity (Wildman–Crippen MR) is 110 cm³/mol. The summed E-state index contributed by atoms with van der Waals surface area (Å²) in [6.45, 7) is 1.92. The van der Waals surface area contributed by atoms with E-state index in [-0.39, 0.29) is 12.3 Å². The van der Waals surface area contributed by atoms with Gasteiger partial charge in [0.15, 0.2) is 0 Å². The SMILES string of the molecule is COC(=O)c1c(NC(=O)Cc2ccc(Cl)cc2)sc(C)c1-c1ccccc1. The molecular formula is C21H18ClNO3S. The number of esters is 1. The molecule has 1 N–H and O–H groups in total. The van der Waals surface area contributed by atoms with Crippen LogP contribution in [0.5, 0.6) is 0 Å². The number of anilines is 1. The molecule has 4 nitrogen and oxygen atoms in total. The summed E-state index contributed by atoms with van der Waals surface area (Å²) in [5.74, 6) is -0.677. The summed E-state index contributed by atoms with van der Waals surface area (Å²) >= 11 is 7.24. The maximum atomic E-state index is 12.5. The van der Waals surface area contributed by atoms with Gasteiger partial charge in [-0.1, -0.05) is 54.1 Å². The van der Waals surface area contributed by atoms with E-state index in [9.17, 15) is 9.59 Å². The molecule has 0 aliphatic heterocycles. The number of halogens is 1. The molecule has 6 heteroatoms. The lowest BCUT2D eigenvalue weighted by atomic mass is 10.0. The van der Waals surface area contributed by atoms with E-state index in [4.69, 9.17) is 16.3 Å². The second-order valence-electron chi connectivity index (χ2n) is 5.95. The molecule has 2 aromatic carbocycles. The van der Waals surface area contributed by atoms with Crippen molar-refractivity contribution in [3.63, 3.8) is 0 Å². The summed E-state index contributed by atoms with van der Waals surface area (Å²) in [7, 11) is 1.34. The largest absolute Gasteiger partial charge is 0.465 e. The van der Waals surface area contributed by atoms with Gasteiger partial charge in [0.25, 0.3) is 0 Å². The summed E-state index contributed by atoms with van der Waals surface area (Å²) in [6, 6.07) is 16.7. The van der Waals surface area contributed by atoms with Gasteiger partial charge in [-0.2, -0.15) is 0 Å². The molecule has 0 aliphatic carbocycles. The first-order chi connectivity index (χ1) is 13.0. The van der Waals surface area contributed by atoms with Crippen molar-refractivity contribution < 1.29 is 14.3 Å². The number of nitrogens with one attached hydrogen (secondary N) is 1. The Hall–Kier alpha value is -2.63. The van der Waals surface area contributed by atoms with E-state index in [0.29, 0.717) is 15.6 Å². The standard InChI is InChI=1S/C21H18ClNO3S/c1-13-18(15-6-4-3-5-7-15)19(21(25)26-2)20(27-13)23-17(24)12-14-8-10-16(22)11-9-14/h3-11H,12H2,1-2H3,(H,23,24). The Morgan fingerprint density at radius 3 is 2.37 bits per heavy atom. The monoisotopic (exact) mass is 399 g/mol. The smallest absolute Gasteiger partial charge is 0.341 e. The van der Waals surface area contributed by atoms with Crippen LogP contribution in [0.25, 0.3) is 11.1 Å². The van der Waals surface area contributed by atoms with Crippen molar-refractivity contribution in [2.75, 3.05) is 12.4 Å². The number of carbonyl (C=O) groups excluding carboxylic acids is 2. The fourth-order valence-corrected chi connectivity index (χ4v) is 4.05. The van der Waals surface area contributed by atoms with Gasteiger partial charge in [-0.25, -0.2) is 4.79 Å². The molecule has 0 aliphatic rings. The zero-order valence-corrected chi connectivity index (χ0v) is 16.5. The molecule has 0 atom stereocenters. The number of aryl methyl sites for hydroxylation is 1. The molecule has 0 radical (unpaired) electrons. The quantitative estimate of drug-likeness (QED) is 0.589. The van der Waals surface area contributed by atoms with E-state index < -0.39 is 5.97 Å². The van der Waals surface area contributed by atoms with Crippen molar-refractivity contribution in [3.05, 3.63) is 75.6 Å². The minimum Gasteiger partial charge on any atom is -0.465 e. The van der Waals surface area contributed by atoms with Crippen LogP contribution in [0.15, 0.2) is 54.6 Å². The first-order valence-corrected chi connectivity index (χ1v) is 9.50. The number of hydrogen-bond acceptors (Lipinski definition) is 4. The molecule has 0 saturated carbocycles. The number of carbonyl (C=O) groups is 2. The number of benzene rings is 2. The number of methoxy groups -OCH3 is 1. The van der Waals surface area contributed by atoms with Crippen LogP contribution in [0.4, 0.5) is 5.00 Å². The first kappa shape index (κ1) is 19.1. The fraction of sp³-hybridized carbons (Fsp3) is 0.143. The lowest BCUT2D eigenvalue weighted by Gasteiger charge is -2.08. The van der Waals surface area contributed by atoms with Crippen molar-refractivity contribution >= 4 is 39.8 Å². The fourth-order valence-electron chi connectivity index (χ4n) is 2.84. The third kappa shape index (κ3) is 4.38. The normalized spacial score (nSPS) is 10.5. The van der Waals surface area contributed by atoms with Crippen molar-refractivity contribution in [1.82, 2.24) is 0 Å². The van der Waals surface area contributed by atoms with Crippen molar-refractivity contribution in [3.8, 4) is 11.1 Å². The van der Waals surface area contributed by atoms with Gasteiger partial charge in [0, 0.05) is 15.5 Å². The third-order valence-corrected chi connectivity index (χ3v) is 5.34. The highest BCUT2D eigenvalue weighted by Crippen LogP contribution is 2.40. The van der Waals surface area contributed by atoms with Gasteiger partial charge in [-0.05, 0) is 30.2 Å². The molecule has 1 aromatic heterocycles. The predicted octanol–water partition coefficient (Wildman–Crippen LogP) is 5.34. The zero-order chi connectivity index (χ0) is 19.4. The molecule has 0 spiro atoms. The Balaban J connectivity index is 1.92. The van der Waals surface area contributed by atoms with Crippen LogP contribution >= 0.6 is 22.9 Å². The molecule has 0 fully saturated rings.